The molecule has 0 amide bonds. The van der Waals surface area contributed by atoms with Crippen LogP contribution in [0, 0.1) is 19.8 Å². The first-order valence-electron chi connectivity index (χ1n) is 7.84. The van der Waals surface area contributed by atoms with Crippen LogP contribution < -0.4 is 5.32 Å². The normalized spacial score (nSPS) is 19.8. The largest absolute Gasteiger partial charge is 0.307 e. The zero-order valence-electron chi connectivity index (χ0n) is 13.2. The maximum Gasteiger partial charge on any atom is 0.0644 e. The first kappa shape index (κ1) is 14.6. The Hall–Kier alpha value is -0.830. The van der Waals surface area contributed by atoms with Crippen LogP contribution in [-0.4, -0.2) is 15.8 Å². The van der Waals surface area contributed by atoms with E-state index >= 15 is 0 Å². The molecule has 1 aliphatic carbocycles. The lowest BCUT2D eigenvalue weighted by molar-refractivity contribution is 0.351. The number of nitrogens with one attached hydrogen (secondary N) is 1. The van der Waals surface area contributed by atoms with Crippen molar-refractivity contribution in [3.05, 3.63) is 17.0 Å². The molecule has 1 unspecified atom stereocenters. The molecule has 1 aromatic rings. The first-order chi connectivity index (χ1) is 9.04. The highest BCUT2D eigenvalue weighted by Crippen LogP contribution is 2.29. The SMILES string of the molecule is CCn1nc(C)c(C(C)N[C@H](C)C2CCCC2)c1C. The third-order valence-corrected chi connectivity index (χ3v) is 4.79. The minimum Gasteiger partial charge on any atom is -0.307 e. The quantitative estimate of drug-likeness (QED) is 0.877. The van der Waals surface area contributed by atoms with Crippen molar-refractivity contribution in [3.63, 3.8) is 0 Å². The third kappa shape index (κ3) is 3.02. The van der Waals surface area contributed by atoms with E-state index in [0.29, 0.717) is 12.1 Å². The molecule has 1 N–H and O–H groups in total. The minimum absolute atomic E-state index is 0.399. The molecule has 1 aromatic heterocycles. The average Bonchev–Trinajstić information content (AvgIpc) is 2.97. The van der Waals surface area contributed by atoms with Crippen molar-refractivity contribution in [2.24, 2.45) is 5.92 Å². The third-order valence-electron chi connectivity index (χ3n) is 4.79. The summed E-state index contributed by atoms with van der Waals surface area (Å²) in [5.41, 5.74) is 3.89. The van der Waals surface area contributed by atoms with Crippen LogP contribution in [0.25, 0.3) is 0 Å². The molecule has 0 spiro atoms. The fourth-order valence-electron chi connectivity index (χ4n) is 3.72. The number of aromatic nitrogens is 2. The lowest BCUT2D eigenvalue weighted by Gasteiger charge is -2.25. The van der Waals surface area contributed by atoms with Crippen LogP contribution >= 0.6 is 0 Å². The van der Waals surface area contributed by atoms with E-state index in [4.69, 9.17) is 0 Å². The summed E-state index contributed by atoms with van der Waals surface area (Å²) in [5.74, 6) is 0.865. The summed E-state index contributed by atoms with van der Waals surface area (Å²) in [7, 11) is 0. The van der Waals surface area contributed by atoms with E-state index < -0.39 is 0 Å². The summed E-state index contributed by atoms with van der Waals surface area (Å²) in [6.45, 7) is 12.1. The smallest absolute Gasteiger partial charge is 0.0644 e. The van der Waals surface area contributed by atoms with Gasteiger partial charge in [0, 0.05) is 29.9 Å². The predicted octanol–water partition coefficient (Wildman–Crippen LogP) is 3.75. The molecule has 0 aromatic carbocycles. The minimum atomic E-state index is 0.399. The molecule has 2 rings (SSSR count). The molecule has 19 heavy (non-hydrogen) atoms. The van der Waals surface area contributed by atoms with Gasteiger partial charge in [0.2, 0.25) is 0 Å². The molecular formula is C16H29N3. The Kier molecular flexibility index (Phi) is 4.67. The summed E-state index contributed by atoms with van der Waals surface area (Å²) in [4.78, 5) is 0. The highest BCUT2D eigenvalue weighted by Gasteiger charge is 2.24. The summed E-state index contributed by atoms with van der Waals surface area (Å²) < 4.78 is 2.11. The van der Waals surface area contributed by atoms with Gasteiger partial charge in [-0.25, -0.2) is 0 Å². The van der Waals surface area contributed by atoms with Gasteiger partial charge in [-0.3, -0.25) is 4.68 Å². The number of hydrogen-bond acceptors (Lipinski definition) is 2. The lowest BCUT2D eigenvalue weighted by atomic mass is 9.97. The van der Waals surface area contributed by atoms with Crippen LogP contribution in [0.1, 0.15) is 69.4 Å². The lowest BCUT2D eigenvalue weighted by Crippen LogP contribution is -2.34. The van der Waals surface area contributed by atoms with E-state index in [1.165, 1.54) is 42.6 Å². The molecule has 1 aliphatic rings. The van der Waals surface area contributed by atoms with E-state index in [0.717, 1.165) is 12.5 Å². The van der Waals surface area contributed by atoms with Gasteiger partial charge in [-0.1, -0.05) is 12.8 Å². The second-order valence-corrected chi connectivity index (χ2v) is 6.12. The van der Waals surface area contributed by atoms with Gasteiger partial charge in [0.1, 0.15) is 0 Å². The molecule has 2 atom stereocenters. The van der Waals surface area contributed by atoms with Crippen molar-refractivity contribution in [1.82, 2.24) is 15.1 Å². The van der Waals surface area contributed by atoms with E-state index in [1.807, 2.05) is 0 Å². The molecule has 0 bridgehead atoms. The van der Waals surface area contributed by atoms with Crippen LogP contribution in [0.5, 0.6) is 0 Å². The van der Waals surface area contributed by atoms with Crippen molar-refractivity contribution in [2.75, 3.05) is 0 Å². The van der Waals surface area contributed by atoms with Crippen molar-refractivity contribution in [3.8, 4) is 0 Å². The Balaban J connectivity index is 2.06. The van der Waals surface area contributed by atoms with Gasteiger partial charge in [-0.05, 0) is 53.4 Å². The van der Waals surface area contributed by atoms with Gasteiger partial charge in [0.25, 0.3) is 0 Å². The van der Waals surface area contributed by atoms with Gasteiger partial charge in [0.15, 0.2) is 0 Å². The molecule has 0 radical (unpaired) electrons. The Labute approximate surface area is 117 Å². The van der Waals surface area contributed by atoms with Crippen LogP contribution in [0.15, 0.2) is 0 Å². The van der Waals surface area contributed by atoms with E-state index in [-0.39, 0.29) is 0 Å². The van der Waals surface area contributed by atoms with Crippen LogP contribution in [-0.2, 0) is 6.54 Å². The van der Waals surface area contributed by atoms with Crippen molar-refractivity contribution < 1.29 is 0 Å². The van der Waals surface area contributed by atoms with Crippen molar-refractivity contribution >= 4 is 0 Å². The summed E-state index contributed by atoms with van der Waals surface area (Å²) in [6, 6.07) is 1.01. The fraction of sp³-hybridized carbons (Fsp3) is 0.812. The molecular weight excluding hydrogens is 234 g/mol. The fourth-order valence-corrected chi connectivity index (χ4v) is 3.72. The summed E-state index contributed by atoms with van der Waals surface area (Å²) in [6.07, 6.45) is 5.62. The van der Waals surface area contributed by atoms with Gasteiger partial charge >= 0.3 is 0 Å². The van der Waals surface area contributed by atoms with Crippen LogP contribution in [0.3, 0.4) is 0 Å². The van der Waals surface area contributed by atoms with Gasteiger partial charge in [-0.15, -0.1) is 0 Å². The van der Waals surface area contributed by atoms with Crippen LogP contribution in [0.2, 0.25) is 0 Å². The molecule has 108 valence electrons. The zero-order chi connectivity index (χ0) is 14.0. The Morgan fingerprint density at radius 1 is 1.26 bits per heavy atom. The highest BCUT2D eigenvalue weighted by molar-refractivity contribution is 5.27. The van der Waals surface area contributed by atoms with Crippen LogP contribution in [0.4, 0.5) is 0 Å². The molecule has 1 fully saturated rings. The second-order valence-electron chi connectivity index (χ2n) is 6.12. The van der Waals surface area contributed by atoms with E-state index in [9.17, 15) is 0 Å². The molecule has 3 nitrogen and oxygen atoms in total. The average molecular weight is 263 g/mol. The predicted molar refractivity (Wildman–Crippen MR) is 80.3 cm³/mol. The second kappa shape index (κ2) is 6.08. The molecule has 0 saturated heterocycles. The van der Waals surface area contributed by atoms with Gasteiger partial charge < -0.3 is 5.32 Å². The number of rotatable bonds is 5. The highest BCUT2D eigenvalue weighted by atomic mass is 15.3. The van der Waals surface area contributed by atoms with E-state index in [1.54, 1.807) is 0 Å². The number of aryl methyl sites for hydroxylation is 2. The zero-order valence-corrected chi connectivity index (χ0v) is 13.2. The monoisotopic (exact) mass is 263 g/mol. The van der Waals surface area contributed by atoms with Crippen molar-refractivity contribution in [1.29, 1.82) is 0 Å². The first-order valence-corrected chi connectivity index (χ1v) is 7.84. The maximum absolute atomic E-state index is 4.63. The number of nitrogens with zero attached hydrogens (tertiary/aromatic N) is 2. The molecule has 3 heteroatoms. The molecule has 1 heterocycles. The van der Waals surface area contributed by atoms with E-state index in [2.05, 4.69) is 49.7 Å². The molecule has 0 aliphatic heterocycles. The Morgan fingerprint density at radius 2 is 1.89 bits per heavy atom. The maximum atomic E-state index is 4.63. The summed E-state index contributed by atoms with van der Waals surface area (Å²) >= 11 is 0. The van der Waals surface area contributed by atoms with Gasteiger partial charge in [0.05, 0.1) is 5.69 Å². The topological polar surface area (TPSA) is 29.9 Å². The Bertz CT molecular complexity index is 416. The van der Waals surface area contributed by atoms with Crippen molar-refractivity contribution in [2.45, 2.75) is 78.9 Å². The Morgan fingerprint density at radius 3 is 2.42 bits per heavy atom. The number of hydrogen-bond donors (Lipinski definition) is 1. The molecule has 1 saturated carbocycles. The summed E-state index contributed by atoms with van der Waals surface area (Å²) in [5, 5.41) is 8.44. The van der Waals surface area contributed by atoms with Gasteiger partial charge in [-0.2, -0.15) is 5.10 Å². The standard InChI is InChI=1S/C16H29N3/c1-6-19-14(5)16(13(4)18-19)12(3)17-11(2)15-9-7-8-10-15/h11-12,15,17H,6-10H2,1-5H3/t11-,12?/m1/s1.